The number of hydrogen-bond acceptors (Lipinski definition) is 5. The van der Waals surface area contributed by atoms with Crippen molar-refractivity contribution in [2.24, 2.45) is 11.7 Å². The highest BCUT2D eigenvalue weighted by Crippen LogP contribution is 2.50. The molecule has 0 aromatic heterocycles. The Morgan fingerprint density at radius 1 is 1.07 bits per heavy atom. The maximum Gasteiger partial charge on any atom is 0.192 e. The van der Waals surface area contributed by atoms with Gasteiger partial charge in [-0.1, -0.05) is 100 Å². The van der Waals surface area contributed by atoms with E-state index in [1.54, 1.807) is 7.11 Å². The number of nitrogens with one attached hydrogen (secondary N) is 1. The molecule has 0 amide bonds. The highest BCUT2D eigenvalue weighted by atomic mass is 16.5. The largest absolute Gasteiger partial charge is 0.497 e. The van der Waals surface area contributed by atoms with Crippen LogP contribution in [0.15, 0.2) is 90.7 Å². The van der Waals surface area contributed by atoms with Crippen molar-refractivity contribution in [3.05, 3.63) is 107 Å². The van der Waals surface area contributed by atoms with E-state index >= 15 is 0 Å². The van der Waals surface area contributed by atoms with Gasteiger partial charge in [0.25, 0.3) is 0 Å². The highest BCUT2D eigenvalue weighted by Gasteiger charge is 2.43. The Labute approximate surface area is 250 Å². The van der Waals surface area contributed by atoms with Crippen molar-refractivity contribution < 1.29 is 9.47 Å². The van der Waals surface area contributed by atoms with Crippen molar-refractivity contribution in [2.45, 2.75) is 73.6 Å². The molecule has 0 bridgehead atoms. The minimum Gasteiger partial charge on any atom is -0.497 e. The zero-order valence-corrected chi connectivity index (χ0v) is 26.8. The van der Waals surface area contributed by atoms with Crippen molar-refractivity contribution >= 4 is 11.6 Å². The highest BCUT2D eigenvalue weighted by molar-refractivity contribution is 5.79. The monoisotopic (exact) mass is 559 g/mol. The molecular formula is C36H53N3O2. The molecule has 1 heterocycles. The summed E-state index contributed by atoms with van der Waals surface area (Å²) in [6.45, 7) is 17.9. The van der Waals surface area contributed by atoms with E-state index in [0.717, 1.165) is 25.1 Å². The zero-order valence-electron chi connectivity index (χ0n) is 26.8. The summed E-state index contributed by atoms with van der Waals surface area (Å²) in [6.07, 6.45) is 16.0. The van der Waals surface area contributed by atoms with Gasteiger partial charge in [-0.3, -0.25) is 11.1 Å². The standard InChI is InChI=1S/C22H27NO.C10H14N2O.2C2H6/c1-6-21-22(4,15-17-10-8-9-16(3)13-17)19-14-18(24-5)11-12-20(19)23(21)7-2;11-8-13-10(12)9-6-4-2-1-3-5-7-9;2*1-2/h6,8-14H,7,15H2,1-5H3;1-2,4-7,9,12H,3,8,11H2;2*1-2H3/b21-6-;2-1?,6-4-,7-5?,12-10?;;. The summed E-state index contributed by atoms with van der Waals surface area (Å²) in [4.78, 5) is 2.44. The number of anilines is 1. The van der Waals surface area contributed by atoms with E-state index < -0.39 is 0 Å². The summed E-state index contributed by atoms with van der Waals surface area (Å²) in [6, 6.07) is 15.3. The fourth-order valence-electron chi connectivity index (χ4n) is 5.19. The third-order valence-electron chi connectivity index (χ3n) is 6.90. The topological polar surface area (TPSA) is 71.6 Å². The van der Waals surface area contributed by atoms with Gasteiger partial charge in [-0.15, -0.1) is 0 Å². The number of rotatable bonds is 6. The zero-order chi connectivity index (χ0) is 30.8. The Hall–Kier alpha value is -3.57. The molecule has 2 unspecified atom stereocenters. The summed E-state index contributed by atoms with van der Waals surface area (Å²) in [5.41, 5.74) is 11.9. The number of methoxy groups -OCH3 is 1. The second-order valence-corrected chi connectivity index (χ2v) is 9.48. The number of nitrogens with zero attached hydrogens (tertiary/aromatic N) is 1. The summed E-state index contributed by atoms with van der Waals surface area (Å²) in [5.74, 6) is 1.05. The van der Waals surface area contributed by atoms with E-state index in [1.807, 2.05) is 58.1 Å². The summed E-state index contributed by atoms with van der Waals surface area (Å²) in [7, 11) is 1.74. The van der Waals surface area contributed by atoms with Crippen molar-refractivity contribution in [3.8, 4) is 5.75 Å². The lowest BCUT2D eigenvalue weighted by Crippen LogP contribution is -2.30. The fraction of sp³-hybridized carbons (Fsp3) is 0.417. The van der Waals surface area contributed by atoms with Crippen molar-refractivity contribution in [1.82, 2.24) is 0 Å². The second kappa shape index (κ2) is 18.7. The van der Waals surface area contributed by atoms with Gasteiger partial charge in [-0.2, -0.15) is 0 Å². The quantitative estimate of drug-likeness (QED) is 0.160. The predicted molar refractivity (Wildman–Crippen MR) is 178 cm³/mol. The van der Waals surface area contributed by atoms with Crippen molar-refractivity contribution in [2.75, 3.05) is 25.3 Å². The third-order valence-corrected chi connectivity index (χ3v) is 6.90. The molecule has 1 aliphatic heterocycles. The van der Waals surface area contributed by atoms with Gasteiger partial charge in [0.1, 0.15) is 12.5 Å². The predicted octanol–water partition coefficient (Wildman–Crippen LogP) is 8.89. The van der Waals surface area contributed by atoms with Gasteiger partial charge < -0.3 is 14.4 Å². The molecule has 224 valence electrons. The second-order valence-electron chi connectivity index (χ2n) is 9.48. The van der Waals surface area contributed by atoms with Crippen LogP contribution in [0, 0.1) is 18.3 Å². The molecular weight excluding hydrogens is 506 g/mol. The van der Waals surface area contributed by atoms with E-state index in [-0.39, 0.29) is 24.0 Å². The molecule has 5 nitrogen and oxygen atoms in total. The molecule has 2 aromatic carbocycles. The van der Waals surface area contributed by atoms with Gasteiger partial charge in [0.2, 0.25) is 0 Å². The minimum atomic E-state index is -0.0755. The molecule has 0 radical (unpaired) electrons. The summed E-state index contributed by atoms with van der Waals surface area (Å²) < 4.78 is 10.4. The number of fused-ring (bicyclic) bond motifs is 1. The van der Waals surface area contributed by atoms with Crippen molar-refractivity contribution in [1.29, 1.82) is 5.41 Å². The molecule has 3 N–H and O–H groups in total. The van der Waals surface area contributed by atoms with Gasteiger partial charge in [0.15, 0.2) is 5.90 Å². The Morgan fingerprint density at radius 2 is 1.80 bits per heavy atom. The fourth-order valence-corrected chi connectivity index (χ4v) is 5.19. The first-order valence-corrected chi connectivity index (χ1v) is 15.0. The molecule has 0 fully saturated rings. The summed E-state index contributed by atoms with van der Waals surface area (Å²) >= 11 is 0. The SMILES string of the molecule is C/C=C1\N(CC)c2ccc(OC)cc2C1(C)Cc1cccc(C)c1.CC.CC.N=C(OCN)C1C=CCC=C/C=C\1. The lowest BCUT2D eigenvalue weighted by Gasteiger charge is -2.30. The van der Waals surface area contributed by atoms with Gasteiger partial charge in [-0.05, 0) is 69.9 Å². The van der Waals surface area contributed by atoms with Crippen LogP contribution >= 0.6 is 0 Å². The maximum absolute atomic E-state index is 7.52. The number of ether oxygens (including phenoxy) is 2. The Bertz CT molecular complexity index is 1200. The first kappa shape index (κ1) is 35.5. The van der Waals surface area contributed by atoms with Gasteiger partial charge in [0, 0.05) is 23.3 Å². The molecule has 5 heteroatoms. The van der Waals surface area contributed by atoms with Crippen LogP contribution in [0.2, 0.25) is 0 Å². The van der Waals surface area contributed by atoms with Crippen LogP contribution in [0.1, 0.15) is 71.6 Å². The number of hydrogen-bond donors (Lipinski definition) is 2. The van der Waals surface area contributed by atoms with Gasteiger partial charge in [-0.25, -0.2) is 0 Å². The van der Waals surface area contributed by atoms with Crippen LogP contribution in [0.25, 0.3) is 0 Å². The van der Waals surface area contributed by atoms with E-state index in [4.69, 9.17) is 20.6 Å². The molecule has 4 rings (SSSR count). The van der Waals surface area contributed by atoms with Crippen LogP contribution in [-0.4, -0.2) is 26.3 Å². The number of aryl methyl sites for hydroxylation is 1. The van der Waals surface area contributed by atoms with Crippen LogP contribution in [0.4, 0.5) is 5.69 Å². The lowest BCUT2D eigenvalue weighted by molar-refractivity contribution is 0.300. The van der Waals surface area contributed by atoms with Gasteiger partial charge >= 0.3 is 0 Å². The van der Waals surface area contributed by atoms with Gasteiger partial charge in [0.05, 0.1) is 13.0 Å². The molecule has 2 aromatic rings. The van der Waals surface area contributed by atoms with Crippen LogP contribution in [0.3, 0.4) is 0 Å². The number of allylic oxidation sites excluding steroid dienone is 6. The average Bonchev–Trinajstić information content (AvgIpc) is 3.21. The van der Waals surface area contributed by atoms with Crippen molar-refractivity contribution in [3.63, 3.8) is 0 Å². The first-order valence-electron chi connectivity index (χ1n) is 15.0. The van der Waals surface area contributed by atoms with E-state index in [1.165, 1.54) is 28.1 Å². The normalized spacial score (nSPS) is 20.1. The maximum atomic E-state index is 7.52. The van der Waals surface area contributed by atoms with E-state index in [2.05, 4.69) is 87.2 Å². The number of likely N-dealkylation sites (N-methyl/N-ethyl adjacent to an activating group) is 1. The van der Waals surface area contributed by atoms with Crippen LogP contribution in [0.5, 0.6) is 5.75 Å². The number of benzene rings is 2. The first-order chi connectivity index (χ1) is 19.9. The Kier molecular flexibility index (Phi) is 16.2. The molecule has 2 aliphatic rings. The summed E-state index contributed by atoms with van der Waals surface area (Å²) in [5, 5.41) is 7.52. The minimum absolute atomic E-state index is 0.0393. The van der Waals surface area contributed by atoms with E-state index in [0.29, 0.717) is 0 Å². The average molecular weight is 560 g/mol. The van der Waals surface area contributed by atoms with E-state index in [9.17, 15) is 0 Å². The molecule has 0 saturated carbocycles. The van der Waals surface area contributed by atoms with Crippen LogP contribution in [-0.2, 0) is 16.6 Å². The Balaban J connectivity index is 0.000000419. The third kappa shape index (κ3) is 9.50. The molecule has 41 heavy (non-hydrogen) atoms. The molecule has 1 aliphatic carbocycles. The molecule has 0 saturated heterocycles. The van der Waals surface area contributed by atoms with Crippen LogP contribution < -0.4 is 15.4 Å². The molecule has 0 spiro atoms. The smallest absolute Gasteiger partial charge is 0.192 e. The number of nitrogens with two attached hydrogens (primary N) is 1. The Morgan fingerprint density at radius 3 is 2.41 bits per heavy atom. The molecule has 2 atom stereocenters. The lowest BCUT2D eigenvalue weighted by atomic mass is 9.76.